The molecule has 1 aromatic rings. The number of benzene rings is 1. The Labute approximate surface area is 127 Å². The van der Waals surface area contributed by atoms with Crippen molar-refractivity contribution in [2.24, 2.45) is 0 Å². The van der Waals surface area contributed by atoms with Crippen LogP contribution >= 0.6 is 0 Å². The molecule has 5 nitrogen and oxygen atoms in total. The minimum Gasteiger partial charge on any atom is -0.389 e. The van der Waals surface area contributed by atoms with Gasteiger partial charge in [-0.25, -0.2) is 4.79 Å². The highest BCUT2D eigenvalue weighted by molar-refractivity contribution is 5.74. The van der Waals surface area contributed by atoms with Crippen LogP contribution in [0.4, 0.5) is 10.5 Å². The fourth-order valence-electron chi connectivity index (χ4n) is 2.05. The lowest BCUT2D eigenvalue weighted by molar-refractivity contribution is 0.0481. The number of carbonyl (C=O) groups is 1. The number of nitrogens with zero attached hydrogens (tertiary/aromatic N) is 2. The smallest absolute Gasteiger partial charge is 0.317 e. The molecular formula is C16H27N3O2. The molecule has 0 saturated carbocycles. The summed E-state index contributed by atoms with van der Waals surface area (Å²) < 4.78 is 0. The molecule has 1 aromatic carbocycles. The first-order valence-electron chi connectivity index (χ1n) is 7.35. The maximum atomic E-state index is 12.1. The summed E-state index contributed by atoms with van der Waals surface area (Å²) in [6.45, 7) is 7.50. The van der Waals surface area contributed by atoms with Crippen LogP contribution in [0.5, 0.6) is 0 Å². The average Bonchev–Trinajstić information content (AvgIpc) is 2.44. The third kappa shape index (κ3) is 6.49. The summed E-state index contributed by atoms with van der Waals surface area (Å²) in [7, 11) is 2.00. The normalized spacial score (nSPS) is 11.1. The number of para-hydroxylation sites is 1. The van der Waals surface area contributed by atoms with Gasteiger partial charge in [-0.15, -0.1) is 0 Å². The molecule has 0 spiro atoms. The van der Waals surface area contributed by atoms with Crippen molar-refractivity contribution < 1.29 is 9.90 Å². The maximum absolute atomic E-state index is 12.1. The van der Waals surface area contributed by atoms with Crippen LogP contribution in [-0.4, -0.2) is 54.9 Å². The molecule has 0 radical (unpaired) electrons. The molecule has 0 aliphatic carbocycles. The van der Waals surface area contributed by atoms with Gasteiger partial charge in [0, 0.05) is 32.4 Å². The molecule has 0 aliphatic heterocycles. The molecule has 21 heavy (non-hydrogen) atoms. The Morgan fingerprint density at radius 1 is 1.29 bits per heavy atom. The summed E-state index contributed by atoms with van der Waals surface area (Å²) in [6.07, 6.45) is 0. The van der Waals surface area contributed by atoms with Gasteiger partial charge in [0.2, 0.25) is 0 Å². The lowest BCUT2D eigenvalue weighted by Gasteiger charge is -2.28. The van der Waals surface area contributed by atoms with Crippen molar-refractivity contribution >= 4 is 11.7 Å². The number of carbonyl (C=O) groups excluding carboxylic acids is 1. The molecule has 1 rings (SSSR count). The fraction of sp³-hybridized carbons (Fsp3) is 0.562. The molecule has 2 N–H and O–H groups in total. The van der Waals surface area contributed by atoms with Gasteiger partial charge in [-0.2, -0.15) is 0 Å². The van der Waals surface area contributed by atoms with Crippen molar-refractivity contribution in [2.45, 2.75) is 26.4 Å². The predicted octanol–water partition coefficient (Wildman–Crippen LogP) is 1.93. The van der Waals surface area contributed by atoms with Crippen LogP contribution in [0, 0.1) is 0 Å². The largest absolute Gasteiger partial charge is 0.389 e. The van der Waals surface area contributed by atoms with Crippen LogP contribution in [-0.2, 0) is 0 Å². The summed E-state index contributed by atoms with van der Waals surface area (Å²) in [5, 5.41) is 12.7. The van der Waals surface area contributed by atoms with E-state index in [4.69, 9.17) is 0 Å². The summed E-state index contributed by atoms with van der Waals surface area (Å²) in [4.78, 5) is 15.8. The van der Waals surface area contributed by atoms with Crippen molar-refractivity contribution in [2.75, 3.05) is 38.1 Å². The lowest BCUT2D eigenvalue weighted by atomic mass is 10.1. The molecule has 0 atom stereocenters. The molecule has 0 aliphatic rings. The summed E-state index contributed by atoms with van der Waals surface area (Å²) in [6, 6.07) is 9.90. The number of urea groups is 1. The van der Waals surface area contributed by atoms with E-state index in [9.17, 15) is 9.90 Å². The van der Waals surface area contributed by atoms with Gasteiger partial charge in [-0.1, -0.05) is 18.2 Å². The van der Waals surface area contributed by atoms with Gasteiger partial charge in [-0.05, 0) is 32.9 Å². The zero-order chi connectivity index (χ0) is 15.9. The van der Waals surface area contributed by atoms with Gasteiger partial charge in [0.25, 0.3) is 0 Å². The van der Waals surface area contributed by atoms with Crippen LogP contribution in [0.1, 0.15) is 20.8 Å². The van der Waals surface area contributed by atoms with E-state index in [-0.39, 0.29) is 6.03 Å². The molecule has 0 saturated heterocycles. The number of amides is 2. The molecule has 0 bridgehead atoms. The van der Waals surface area contributed by atoms with Gasteiger partial charge in [-0.3, -0.25) is 0 Å². The number of likely N-dealkylation sites (N-methyl/N-ethyl adjacent to an activating group) is 2. The Kier molecular flexibility index (Phi) is 6.49. The van der Waals surface area contributed by atoms with Crippen molar-refractivity contribution in [1.82, 2.24) is 10.2 Å². The second-order valence-corrected chi connectivity index (χ2v) is 5.82. The van der Waals surface area contributed by atoms with Gasteiger partial charge >= 0.3 is 6.03 Å². The van der Waals surface area contributed by atoms with E-state index in [1.165, 1.54) is 0 Å². The number of hydrogen-bond donors (Lipinski definition) is 2. The molecule has 0 heterocycles. The van der Waals surface area contributed by atoms with Crippen molar-refractivity contribution in [3.63, 3.8) is 0 Å². The highest BCUT2D eigenvalue weighted by Crippen LogP contribution is 2.10. The molecule has 0 fully saturated rings. The van der Waals surface area contributed by atoms with E-state index >= 15 is 0 Å². The van der Waals surface area contributed by atoms with Crippen LogP contribution in [0.3, 0.4) is 0 Å². The zero-order valence-corrected chi connectivity index (χ0v) is 13.5. The standard InChI is InChI=1S/C16H27N3O2/c1-5-19(13-16(2,3)21)15(20)17-11-12-18(4)14-9-7-6-8-10-14/h6-10,21H,5,11-13H2,1-4H3,(H,17,20). The quantitative estimate of drug-likeness (QED) is 0.807. The van der Waals surface area contributed by atoms with E-state index < -0.39 is 5.60 Å². The lowest BCUT2D eigenvalue weighted by Crippen LogP contribution is -2.48. The number of nitrogens with one attached hydrogen (secondary N) is 1. The predicted molar refractivity (Wildman–Crippen MR) is 86.7 cm³/mol. The average molecular weight is 293 g/mol. The molecule has 0 unspecified atom stereocenters. The van der Waals surface area contributed by atoms with E-state index in [1.54, 1.807) is 18.7 Å². The molecular weight excluding hydrogens is 266 g/mol. The fourth-order valence-corrected chi connectivity index (χ4v) is 2.05. The number of aliphatic hydroxyl groups is 1. The highest BCUT2D eigenvalue weighted by atomic mass is 16.3. The van der Waals surface area contributed by atoms with Crippen LogP contribution in [0.2, 0.25) is 0 Å². The molecule has 118 valence electrons. The SMILES string of the molecule is CCN(CC(C)(C)O)C(=O)NCCN(C)c1ccccc1. The topological polar surface area (TPSA) is 55.8 Å². The van der Waals surface area contributed by atoms with E-state index in [0.29, 0.717) is 19.6 Å². The first kappa shape index (κ1) is 17.3. The summed E-state index contributed by atoms with van der Waals surface area (Å²) >= 11 is 0. The Balaban J connectivity index is 2.39. The minimum absolute atomic E-state index is 0.138. The highest BCUT2D eigenvalue weighted by Gasteiger charge is 2.20. The summed E-state index contributed by atoms with van der Waals surface area (Å²) in [5.41, 5.74) is 0.240. The first-order valence-corrected chi connectivity index (χ1v) is 7.35. The van der Waals surface area contributed by atoms with Gasteiger partial charge in [0.1, 0.15) is 0 Å². The second-order valence-electron chi connectivity index (χ2n) is 5.82. The summed E-state index contributed by atoms with van der Waals surface area (Å²) in [5.74, 6) is 0. The van der Waals surface area contributed by atoms with Gasteiger partial charge in [0.15, 0.2) is 0 Å². The number of rotatable bonds is 7. The molecule has 0 aromatic heterocycles. The van der Waals surface area contributed by atoms with Crippen molar-refractivity contribution in [3.8, 4) is 0 Å². The van der Waals surface area contributed by atoms with Crippen LogP contribution < -0.4 is 10.2 Å². The Bertz CT molecular complexity index is 429. The Morgan fingerprint density at radius 2 is 1.90 bits per heavy atom. The molecule has 5 heteroatoms. The second kappa shape index (κ2) is 7.88. The minimum atomic E-state index is -0.881. The number of anilines is 1. The first-order chi connectivity index (χ1) is 9.83. The monoisotopic (exact) mass is 293 g/mol. The van der Waals surface area contributed by atoms with Crippen LogP contribution in [0.25, 0.3) is 0 Å². The van der Waals surface area contributed by atoms with Gasteiger partial charge < -0.3 is 20.2 Å². The Morgan fingerprint density at radius 3 is 2.43 bits per heavy atom. The van der Waals surface area contributed by atoms with Gasteiger partial charge in [0.05, 0.1) is 12.1 Å². The van der Waals surface area contributed by atoms with Crippen LogP contribution in [0.15, 0.2) is 30.3 Å². The maximum Gasteiger partial charge on any atom is 0.317 e. The molecule has 2 amide bonds. The number of hydrogen-bond acceptors (Lipinski definition) is 3. The van der Waals surface area contributed by atoms with E-state index in [2.05, 4.69) is 10.2 Å². The third-order valence-corrected chi connectivity index (χ3v) is 3.17. The van der Waals surface area contributed by atoms with Crippen molar-refractivity contribution in [3.05, 3.63) is 30.3 Å². The third-order valence-electron chi connectivity index (χ3n) is 3.17. The van der Waals surface area contributed by atoms with E-state index in [0.717, 1.165) is 12.2 Å². The Hall–Kier alpha value is -1.75. The van der Waals surface area contributed by atoms with E-state index in [1.807, 2.05) is 44.3 Å². The zero-order valence-electron chi connectivity index (χ0n) is 13.5. The van der Waals surface area contributed by atoms with Crippen molar-refractivity contribution in [1.29, 1.82) is 0 Å².